The first kappa shape index (κ1) is 23.4. The van der Waals surface area contributed by atoms with Gasteiger partial charge in [-0.2, -0.15) is 0 Å². The van der Waals surface area contributed by atoms with Crippen molar-refractivity contribution in [2.45, 2.75) is 66.0 Å². The van der Waals surface area contributed by atoms with Crippen LogP contribution in [0.3, 0.4) is 0 Å². The van der Waals surface area contributed by atoms with Crippen molar-refractivity contribution in [2.24, 2.45) is 16.8 Å². The van der Waals surface area contributed by atoms with Gasteiger partial charge in [-0.3, -0.25) is 9.89 Å². The zero-order valence-electron chi connectivity index (χ0n) is 18.2. The number of halogens is 1. The average molecular weight is 503 g/mol. The van der Waals surface area contributed by atoms with Gasteiger partial charge in [0.15, 0.2) is 5.96 Å². The van der Waals surface area contributed by atoms with Crippen LogP contribution in [0, 0.1) is 25.7 Å². The van der Waals surface area contributed by atoms with Gasteiger partial charge in [-0.15, -0.1) is 24.0 Å². The third-order valence-electron chi connectivity index (χ3n) is 6.50. The Hall–Kier alpha value is -0.830. The van der Waals surface area contributed by atoms with Crippen LogP contribution in [0.25, 0.3) is 0 Å². The SMILES string of the molecule is CN=C(NCc1nc(C)c(C)o1)N1CCN(C2CCC(C(C)C)CC2)CC1.I. The highest BCUT2D eigenvalue weighted by atomic mass is 127. The number of guanidine groups is 1. The van der Waals surface area contributed by atoms with Crippen molar-refractivity contribution in [3.63, 3.8) is 0 Å². The van der Waals surface area contributed by atoms with E-state index in [1.807, 2.05) is 20.9 Å². The standard InChI is InChI=1S/C21H37N5O.HI/c1-15(2)18-6-8-19(9-7-18)25-10-12-26(13-11-25)21(22-5)23-14-20-24-16(3)17(4)27-20;/h15,18-19H,6-14H2,1-5H3,(H,22,23);1H. The number of hydrogen-bond acceptors (Lipinski definition) is 4. The second-order valence-corrected chi connectivity index (χ2v) is 8.49. The normalized spacial score (nSPS) is 24.4. The van der Waals surface area contributed by atoms with Gasteiger partial charge in [0.05, 0.1) is 12.2 Å². The van der Waals surface area contributed by atoms with Crippen LogP contribution >= 0.6 is 24.0 Å². The monoisotopic (exact) mass is 503 g/mol. The van der Waals surface area contributed by atoms with Gasteiger partial charge in [0.2, 0.25) is 5.89 Å². The van der Waals surface area contributed by atoms with Crippen LogP contribution < -0.4 is 5.32 Å². The van der Waals surface area contributed by atoms with Gasteiger partial charge >= 0.3 is 0 Å². The third kappa shape index (κ3) is 5.84. The van der Waals surface area contributed by atoms with Crippen molar-refractivity contribution in [3.05, 3.63) is 17.3 Å². The second kappa shape index (κ2) is 10.8. The van der Waals surface area contributed by atoms with Crippen molar-refractivity contribution in [2.75, 3.05) is 33.2 Å². The molecule has 1 aromatic heterocycles. The molecule has 1 aromatic rings. The summed E-state index contributed by atoms with van der Waals surface area (Å²) < 4.78 is 5.66. The molecule has 1 N–H and O–H groups in total. The van der Waals surface area contributed by atoms with E-state index in [0.717, 1.165) is 67.4 Å². The molecule has 160 valence electrons. The minimum Gasteiger partial charge on any atom is -0.444 e. The van der Waals surface area contributed by atoms with E-state index in [2.05, 4.69) is 38.9 Å². The Kier molecular flexibility index (Phi) is 9.05. The van der Waals surface area contributed by atoms with Gasteiger partial charge in [-0.05, 0) is 51.4 Å². The molecule has 0 bridgehead atoms. The summed E-state index contributed by atoms with van der Waals surface area (Å²) in [5, 5.41) is 3.41. The fraction of sp³-hybridized carbons (Fsp3) is 0.810. The maximum atomic E-state index is 5.66. The molecule has 2 fully saturated rings. The zero-order chi connectivity index (χ0) is 19.4. The van der Waals surface area contributed by atoms with Crippen LogP contribution in [0.2, 0.25) is 0 Å². The largest absolute Gasteiger partial charge is 0.444 e. The van der Waals surface area contributed by atoms with Crippen molar-refractivity contribution in [3.8, 4) is 0 Å². The minimum absolute atomic E-state index is 0. The molecule has 0 radical (unpaired) electrons. The number of nitrogens with zero attached hydrogens (tertiary/aromatic N) is 4. The molecule has 28 heavy (non-hydrogen) atoms. The van der Waals surface area contributed by atoms with Crippen LogP contribution in [0.1, 0.15) is 56.9 Å². The predicted octanol–water partition coefficient (Wildman–Crippen LogP) is 3.82. The molecule has 1 saturated carbocycles. The third-order valence-corrected chi connectivity index (χ3v) is 6.50. The van der Waals surface area contributed by atoms with Gasteiger partial charge in [0.25, 0.3) is 0 Å². The summed E-state index contributed by atoms with van der Waals surface area (Å²) in [5.41, 5.74) is 0.961. The molecule has 6 nitrogen and oxygen atoms in total. The molecule has 1 saturated heterocycles. The van der Waals surface area contributed by atoms with Crippen molar-refractivity contribution < 1.29 is 4.42 Å². The van der Waals surface area contributed by atoms with E-state index < -0.39 is 0 Å². The Morgan fingerprint density at radius 2 is 1.79 bits per heavy atom. The molecule has 1 aliphatic heterocycles. The summed E-state index contributed by atoms with van der Waals surface area (Å²) in [6.45, 7) is 13.6. The molecular formula is C21H38IN5O. The highest BCUT2D eigenvalue weighted by Gasteiger charge is 2.29. The first-order chi connectivity index (χ1) is 13.0. The molecule has 0 aromatic carbocycles. The summed E-state index contributed by atoms with van der Waals surface area (Å²) >= 11 is 0. The summed E-state index contributed by atoms with van der Waals surface area (Å²) in [6, 6.07) is 0.787. The van der Waals surface area contributed by atoms with Crippen LogP contribution in [-0.4, -0.2) is 60.0 Å². The summed E-state index contributed by atoms with van der Waals surface area (Å²) in [4.78, 5) is 14.0. The fourth-order valence-corrected chi connectivity index (χ4v) is 4.53. The lowest BCUT2D eigenvalue weighted by Gasteiger charge is -2.43. The summed E-state index contributed by atoms with van der Waals surface area (Å²) in [6.07, 6.45) is 5.55. The fourth-order valence-electron chi connectivity index (χ4n) is 4.53. The summed E-state index contributed by atoms with van der Waals surface area (Å²) in [7, 11) is 1.86. The molecule has 0 atom stereocenters. The van der Waals surface area contributed by atoms with Crippen LogP contribution in [0.4, 0.5) is 0 Å². The number of oxazole rings is 1. The van der Waals surface area contributed by atoms with Gasteiger partial charge in [0, 0.05) is 39.3 Å². The van der Waals surface area contributed by atoms with Crippen molar-refractivity contribution in [1.82, 2.24) is 20.1 Å². The maximum Gasteiger partial charge on any atom is 0.214 e. The van der Waals surface area contributed by atoms with Crippen molar-refractivity contribution in [1.29, 1.82) is 0 Å². The minimum atomic E-state index is 0. The molecule has 3 rings (SSSR count). The molecule has 1 aliphatic carbocycles. The molecule has 0 spiro atoms. The van der Waals surface area contributed by atoms with Crippen molar-refractivity contribution >= 4 is 29.9 Å². The first-order valence-corrected chi connectivity index (χ1v) is 10.6. The molecule has 2 heterocycles. The van der Waals surface area contributed by atoms with E-state index in [0.29, 0.717) is 6.54 Å². The van der Waals surface area contributed by atoms with E-state index in [4.69, 9.17) is 4.42 Å². The average Bonchev–Trinajstić information content (AvgIpc) is 3.00. The quantitative estimate of drug-likeness (QED) is 0.385. The lowest BCUT2D eigenvalue weighted by atomic mass is 9.79. The van der Waals surface area contributed by atoms with Crippen LogP contribution in [-0.2, 0) is 6.54 Å². The lowest BCUT2D eigenvalue weighted by Crippen LogP contribution is -2.55. The van der Waals surface area contributed by atoms with E-state index in [1.165, 1.54) is 25.7 Å². The molecule has 0 unspecified atom stereocenters. The van der Waals surface area contributed by atoms with Gasteiger partial charge in [0.1, 0.15) is 5.76 Å². The maximum absolute atomic E-state index is 5.66. The Balaban J connectivity index is 0.00000280. The van der Waals surface area contributed by atoms with E-state index in [1.54, 1.807) is 0 Å². The Bertz CT molecular complexity index is 609. The molecular weight excluding hydrogens is 465 g/mol. The number of aryl methyl sites for hydroxylation is 2. The lowest BCUT2D eigenvalue weighted by molar-refractivity contribution is 0.0863. The van der Waals surface area contributed by atoms with E-state index >= 15 is 0 Å². The first-order valence-electron chi connectivity index (χ1n) is 10.6. The Morgan fingerprint density at radius 3 is 2.29 bits per heavy atom. The number of hydrogen-bond donors (Lipinski definition) is 1. The number of nitrogens with one attached hydrogen (secondary N) is 1. The Labute approximate surface area is 187 Å². The smallest absolute Gasteiger partial charge is 0.214 e. The van der Waals surface area contributed by atoms with Gasteiger partial charge in [-0.25, -0.2) is 4.98 Å². The number of rotatable bonds is 4. The van der Waals surface area contributed by atoms with Crippen LogP contribution in [0.5, 0.6) is 0 Å². The number of aliphatic imine (C=N–C) groups is 1. The van der Waals surface area contributed by atoms with Crippen LogP contribution in [0.15, 0.2) is 9.41 Å². The van der Waals surface area contributed by atoms with Gasteiger partial charge < -0.3 is 14.6 Å². The zero-order valence-corrected chi connectivity index (χ0v) is 20.5. The number of piperazine rings is 1. The Morgan fingerprint density at radius 1 is 1.14 bits per heavy atom. The molecule has 2 aliphatic rings. The highest BCUT2D eigenvalue weighted by Crippen LogP contribution is 2.32. The second-order valence-electron chi connectivity index (χ2n) is 8.49. The summed E-state index contributed by atoms with van der Waals surface area (Å²) in [5.74, 6) is 4.35. The molecule has 7 heteroatoms. The van der Waals surface area contributed by atoms with Gasteiger partial charge in [-0.1, -0.05) is 13.8 Å². The highest BCUT2D eigenvalue weighted by molar-refractivity contribution is 14.0. The van der Waals surface area contributed by atoms with E-state index in [9.17, 15) is 0 Å². The number of aromatic nitrogens is 1. The van der Waals surface area contributed by atoms with E-state index in [-0.39, 0.29) is 24.0 Å². The predicted molar refractivity (Wildman–Crippen MR) is 125 cm³/mol. The topological polar surface area (TPSA) is 56.9 Å². The molecule has 0 amide bonds.